The molecular formula is C13H19N5O3. The minimum Gasteiger partial charge on any atom is -0.368 e. The average Bonchev–Trinajstić information content (AvgIpc) is 2.53. The molecule has 1 aliphatic heterocycles. The molecule has 2 heterocycles. The fourth-order valence-electron chi connectivity index (χ4n) is 2.25. The van der Waals surface area contributed by atoms with Gasteiger partial charge < -0.3 is 16.0 Å². The van der Waals surface area contributed by atoms with Gasteiger partial charge in [-0.1, -0.05) is 0 Å². The zero-order valence-corrected chi connectivity index (χ0v) is 11.7. The first-order valence-electron chi connectivity index (χ1n) is 6.96. The Morgan fingerprint density at radius 1 is 1.43 bits per heavy atom. The molecule has 8 nitrogen and oxygen atoms in total. The van der Waals surface area contributed by atoms with Crippen LogP contribution in [-0.2, 0) is 4.79 Å². The summed E-state index contributed by atoms with van der Waals surface area (Å²) < 4.78 is 0. The Kier molecular flexibility index (Phi) is 5.04. The highest BCUT2D eigenvalue weighted by molar-refractivity contribution is 5.82. The summed E-state index contributed by atoms with van der Waals surface area (Å²) >= 11 is 0. The van der Waals surface area contributed by atoms with Crippen LogP contribution in [0.15, 0.2) is 18.3 Å². The van der Waals surface area contributed by atoms with Gasteiger partial charge in [-0.2, -0.15) is 0 Å². The van der Waals surface area contributed by atoms with Gasteiger partial charge >= 0.3 is 0 Å². The van der Waals surface area contributed by atoms with Crippen LogP contribution < -0.4 is 11.1 Å². The molecule has 0 aromatic carbocycles. The number of hydrogen-bond acceptors (Lipinski definition) is 6. The predicted molar refractivity (Wildman–Crippen MR) is 77.8 cm³/mol. The molecule has 114 valence electrons. The molecule has 1 fully saturated rings. The van der Waals surface area contributed by atoms with Gasteiger partial charge in [0.05, 0.1) is 4.92 Å². The molecule has 1 aliphatic rings. The molecule has 21 heavy (non-hydrogen) atoms. The largest absolute Gasteiger partial charge is 0.368 e. The number of anilines is 1. The predicted octanol–water partition coefficient (Wildman–Crippen LogP) is 0.741. The van der Waals surface area contributed by atoms with Crippen molar-refractivity contribution in [1.82, 2.24) is 9.88 Å². The van der Waals surface area contributed by atoms with Crippen molar-refractivity contribution in [3.8, 4) is 0 Å². The third kappa shape index (κ3) is 4.12. The summed E-state index contributed by atoms with van der Waals surface area (Å²) in [6.07, 6.45) is 4.37. The molecule has 1 saturated heterocycles. The van der Waals surface area contributed by atoms with E-state index < -0.39 is 11.0 Å². The molecule has 1 atom stereocenters. The van der Waals surface area contributed by atoms with Crippen molar-refractivity contribution in [2.45, 2.75) is 25.3 Å². The first kappa shape index (κ1) is 15.2. The van der Waals surface area contributed by atoms with E-state index in [-0.39, 0.29) is 18.1 Å². The Bertz CT molecular complexity index is 499. The van der Waals surface area contributed by atoms with E-state index in [4.69, 9.17) is 5.73 Å². The third-order valence-electron chi connectivity index (χ3n) is 3.45. The van der Waals surface area contributed by atoms with Crippen LogP contribution in [0.2, 0.25) is 0 Å². The minimum absolute atomic E-state index is 0.0656. The maximum atomic E-state index is 12.1. The Hall–Kier alpha value is -2.22. The zero-order valence-electron chi connectivity index (χ0n) is 11.7. The number of carbonyl (C=O) groups excluding carboxylic acids is 1. The van der Waals surface area contributed by atoms with Gasteiger partial charge in [-0.05, 0) is 25.3 Å². The smallest absolute Gasteiger partial charge is 0.287 e. The number of nitrogens with two attached hydrogens (primary N) is 1. The maximum absolute atomic E-state index is 12.1. The van der Waals surface area contributed by atoms with Crippen molar-refractivity contribution < 1.29 is 9.72 Å². The lowest BCUT2D eigenvalue weighted by Crippen LogP contribution is -2.48. The summed E-state index contributed by atoms with van der Waals surface area (Å²) in [4.78, 5) is 27.8. The number of nitro groups is 1. The van der Waals surface area contributed by atoms with Crippen molar-refractivity contribution in [2.75, 3.05) is 25.0 Å². The normalized spacial score (nSPS) is 16.3. The van der Waals surface area contributed by atoms with Crippen LogP contribution in [-0.4, -0.2) is 46.4 Å². The van der Waals surface area contributed by atoms with Crippen LogP contribution >= 0.6 is 0 Å². The van der Waals surface area contributed by atoms with Gasteiger partial charge in [0.15, 0.2) is 0 Å². The van der Waals surface area contributed by atoms with Crippen molar-refractivity contribution in [1.29, 1.82) is 0 Å². The molecular weight excluding hydrogens is 274 g/mol. The first-order chi connectivity index (χ1) is 10.1. The van der Waals surface area contributed by atoms with Crippen molar-refractivity contribution in [3.63, 3.8) is 0 Å². The summed E-state index contributed by atoms with van der Waals surface area (Å²) in [5, 5.41) is 13.4. The van der Waals surface area contributed by atoms with Crippen LogP contribution in [0, 0.1) is 10.1 Å². The lowest BCUT2D eigenvalue weighted by molar-refractivity contribution is -0.385. The second-order valence-corrected chi connectivity index (χ2v) is 5.03. The molecule has 0 bridgehead atoms. The third-order valence-corrected chi connectivity index (χ3v) is 3.45. The quantitative estimate of drug-likeness (QED) is 0.611. The summed E-state index contributed by atoms with van der Waals surface area (Å²) in [6.45, 7) is 1.78. The van der Waals surface area contributed by atoms with Crippen LogP contribution in [0.5, 0.6) is 0 Å². The van der Waals surface area contributed by atoms with Gasteiger partial charge in [0.2, 0.25) is 5.91 Å². The second kappa shape index (κ2) is 6.98. The van der Waals surface area contributed by atoms with E-state index in [9.17, 15) is 14.9 Å². The second-order valence-electron chi connectivity index (χ2n) is 5.03. The molecule has 0 radical (unpaired) electrons. The van der Waals surface area contributed by atoms with Crippen LogP contribution in [0.4, 0.5) is 11.5 Å². The molecule has 0 saturated carbocycles. The number of nitrogens with one attached hydrogen (secondary N) is 1. The molecule has 0 aliphatic carbocycles. The van der Waals surface area contributed by atoms with E-state index in [1.807, 2.05) is 0 Å². The Labute approximate surface area is 122 Å². The van der Waals surface area contributed by atoms with Gasteiger partial charge in [-0.3, -0.25) is 14.9 Å². The fourth-order valence-corrected chi connectivity index (χ4v) is 2.25. The van der Waals surface area contributed by atoms with Crippen molar-refractivity contribution >= 4 is 17.4 Å². The summed E-state index contributed by atoms with van der Waals surface area (Å²) in [5.74, 6) is 0.395. The summed E-state index contributed by atoms with van der Waals surface area (Å²) in [7, 11) is 0. The standard InChI is InChI=1S/C13H19N5O3/c14-11(13(19)17-6-2-1-3-7-17)9-16-12-5-4-10(8-15-12)18(20)21/h4-5,8,11H,1-3,6-7,9,14H2,(H,15,16). The van der Waals surface area contributed by atoms with Gasteiger partial charge in [0.25, 0.3) is 5.69 Å². The van der Waals surface area contributed by atoms with E-state index in [2.05, 4.69) is 10.3 Å². The topological polar surface area (TPSA) is 114 Å². The highest BCUT2D eigenvalue weighted by Crippen LogP contribution is 2.12. The van der Waals surface area contributed by atoms with Crippen LogP contribution in [0.3, 0.4) is 0 Å². The molecule has 1 amide bonds. The number of rotatable bonds is 5. The SMILES string of the molecule is NC(CNc1ccc([N+](=O)[O-])cn1)C(=O)N1CCCCC1. The van der Waals surface area contributed by atoms with Crippen molar-refractivity contribution in [3.05, 3.63) is 28.4 Å². The zero-order chi connectivity index (χ0) is 15.2. The van der Waals surface area contributed by atoms with Gasteiger partial charge in [0.1, 0.15) is 18.1 Å². The minimum atomic E-state index is -0.639. The number of nitrogens with zero attached hydrogens (tertiary/aromatic N) is 3. The maximum Gasteiger partial charge on any atom is 0.287 e. The highest BCUT2D eigenvalue weighted by Gasteiger charge is 2.22. The molecule has 1 unspecified atom stereocenters. The summed E-state index contributed by atoms with van der Waals surface area (Å²) in [6, 6.07) is 2.21. The highest BCUT2D eigenvalue weighted by atomic mass is 16.6. The number of piperidine rings is 1. The monoisotopic (exact) mass is 293 g/mol. The Morgan fingerprint density at radius 2 is 2.14 bits per heavy atom. The average molecular weight is 293 g/mol. The molecule has 1 aromatic heterocycles. The molecule has 0 spiro atoms. The summed E-state index contributed by atoms with van der Waals surface area (Å²) in [5.41, 5.74) is 5.81. The van der Waals surface area contributed by atoms with E-state index in [0.29, 0.717) is 5.82 Å². The molecule has 3 N–H and O–H groups in total. The molecule has 2 rings (SSSR count). The first-order valence-corrected chi connectivity index (χ1v) is 6.96. The Balaban J connectivity index is 1.83. The number of carbonyl (C=O) groups is 1. The van der Waals surface area contributed by atoms with Gasteiger partial charge in [-0.15, -0.1) is 0 Å². The van der Waals surface area contributed by atoms with Gasteiger partial charge in [-0.25, -0.2) is 4.98 Å². The molecule has 1 aromatic rings. The van der Waals surface area contributed by atoms with Gasteiger partial charge in [0, 0.05) is 25.7 Å². The lowest BCUT2D eigenvalue weighted by Gasteiger charge is -2.29. The number of likely N-dealkylation sites (tertiary alicyclic amines) is 1. The lowest BCUT2D eigenvalue weighted by atomic mass is 10.1. The van der Waals surface area contributed by atoms with E-state index in [1.165, 1.54) is 18.3 Å². The van der Waals surface area contributed by atoms with E-state index >= 15 is 0 Å². The van der Waals surface area contributed by atoms with E-state index in [1.54, 1.807) is 4.90 Å². The fraction of sp³-hybridized carbons (Fsp3) is 0.538. The number of pyridine rings is 1. The Morgan fingerprint density at radius 3 is 2.71 bits per heavy atom. The van der Waals surface area contributed by atoms with Crippen molar-refractivity contribution in [2.24, 2.45) is 5.73 Å². The van der Waals surface area contributed by atoms with Crippen LogP contribution in [0.1, 0.15) is 19.3 Å². The molecule has 8 heteroatoms. The number of aromatic nitrogens is 1. The van der Waals surface area contributed by atoms with E-state index in [0.717, 1.165) is 32.4 Å². The van der Waals surface area contributed by atoms with Crippen LogP contribution in [0.25, 0.3) is 0 Å². The number of hydrogen-bond donors (Lipinski definition) is 2. The number of amides is 1.